The average Bonchev–Trinajstić information content (AvgIpc) is 3.03. The van der Waals surface area contributed by atoms with Crippen LogP contribution in [0.2, 0.25) is 10.0 Å². The summed E-state index contributed by atoms with van der Waals surface area (Å²) in [5.74, 6) is 1.49. The molecule has 2 aromatic heterocycles. The molecule has 1 N–H and O–H groups in total. The molecular formula is C16H15Cl2N7. The molecule has 3 aromatic rings. The van der Waals surface area contributed by atoms with E-state index in [0.717, 1.165) is 24.5 Å². The Morgan fingerprint density at radius 2 is 2.00 bits per heavy atom. The van der Waals surface area contributed by atoms with Gasteiger partial charge in [-0.25, -0.2) is 4.98 Å². The van der Waals surface area contributed by atoms with Crippen LogP contribution in [0.4, 0.5) is 11.8 Å². The molecule has 0 unspecified atom stereocenters. The lowest BCUT2D eigenvalue weighted by Gasteiger charge is -2.33. The highest BCUT2D eigenvalue weighted by molar-refractivity contribution is 6.43. The SMILES string of the molecule is Clc1cccc(-n2nnnc2NCc2cccnc2N2CCC2)c1Cl. The van der Waals surface area contributed by atoms with Crippen molar-refractivity contribution in [2.75, 3.05) is 23.3 Å². The molecule has 3 heterocycles. The molecule has 7 nitrogen and oxygen atoms in total. The standard InChI is InChI=1S/C16H15Cl2N7/c17-12-5-1-6-13(14(12)18)25-16(21-22-23-25)20-10-11-4-2-7-19-15(11)24-8-3-9-24/h1-2,4-7H,3,8-10H2,(H,20,21,23). The Bertz CT molecular complexity index is 892. The highest BCUT2D eigenvalue weighted by Crippen LogP contribution is 2.29. The maximum absolute atomic E-state index is 6.27. The van der Waals surface area contributed by atoms with Crippen molar-refractivity contribution in [2.24, 2.45) is 0 Å². The van der Waals surface area contributed by atoms with Gasteiger partial charge in [-0.1, -0.05) is 40.4 Å². The van der Waals surface area contributed by atoms with Gasteiger partial charge in [-0.15, -0.1) is 0 Å². The van der Waals surface area contributed by atoms with E-state index in [0.29, 0.717) is 28.2 Å². The van der Waals surface area contributed by atoms with Gasteiger partial charge in [-0.3, -0.25) is 0 Å². The predicted octanol–water partition coefficient (Wildman–Crippen LogP) is 3.19. The largest absolute Gasteiger partial charge is 0.356 e. The van der Waals surface area contributed by atoms with Crippen LogP contribution in [0.15, 0.2) is 36.5 Å². The van der Waals surface area contributed by atoms with Gasteiger partial charge < -0.3 is 10.2 Å². The van der Waals surface area contributed by atoms with Gasteiger partial charge in [0, 0.05) is 31.4 Å². The van der Waals surface area contributed by atoms with Crippen LogP contribution in [0, 0.1) is 0 Å². The van der Waals surface area contributed by atoms with Crippen molar-refractivity contribution in [3.05, 3.63) is 52.1 Å². The summed E-state index contributed by atoms with van der Waals surface area (Å²) in [4.78, 5) is 6.75. The molecular weight excluding hydrogens is 361 g/mol. The molecule has 9 heteroatoms. The molecule has 25 heavy (non-hydrogen) atoms. The van der Waals surface area contributed by atoms with Crippen LogP contribution in [0.1, 0.15) is 12.0 Å². The molecule has 1 aliphatic rings. The van der Waals surface area contributed by atoms with Crippen molar-refractivity contribution >= 4 is 35.0 Å². The highest BCUT2D eigenvalue weighted by Gasteiger charge is 2.19. The van der Waals surface area contributed by atoms with E-state index in [-0.39, 0.29) is 0 Å². The molecule has 1 aliphatic heterocycles. The summed E-state index contributed by atoms with van der Waals surface area (Å²) >= 11 is 12.4. The number of nitrogens with zero attached hydrogens (tertiary/aromatic N) is 6. The molecule has 0 bridgehead atoms. The minimum absolute atomic E-state index is 0.405. The first-order chi connectivity index (χ1) is 12.2. The number of aromatic nitrogens is 5. The van der Waals surface area contributed by atoms with Gasteiger partial charge in [0.25, 0.3) is 0 Å². The minimum Gasteiger partial charge on any atom is -0.356 e. The number of anilines is 2. The molecule has 0 amide bonds. The summed E-state index contributed by atoms with van der Waals surface area (Å²) in [5.41, 5.74) is 1.71. The number of benzene rings is 1. The second-order valence-corrected chi connectivity index (χ2v) is 6.45. The summed E-state index contributed by atoms with van der Waals surface area (Å²) in [7, 11) is 0. The van der Waals surface area contributed by atoms with Crippen LogP contribution >= 0.6 is 23.2 Å². The molecule has 4 rings (SSSR count). The van der Waals surface area contributed by atoms with Crippen molar-refractivity contribution < 1.29 is 0 Å². The van der Waals surface area contributed by atoms with E-state index in [1.807, 2.05) is 24.4 Å². The number of tetrazole rings is 1. The molecule has 0 spiro atoms. The lowest BCUT2D eigenvalue weighted by atomic mass is 10.1. The van der Waals surface area contributed by atoms with E-state index in [1.54, 1.807) is 12.1 Å². The highest BCUT2D eigenvalue weighted by atomic mass is 35.5. The van der Waals surface area contributed by atoms with Crippen molar-refractivity contribution in [1.82, 2.24) is 25.2 Å². The van der Waals surface area contributed by atoms with Gasteiger partial charge in [0.05, 0.1) is 15.7 Å². The molecule has 0 aliphatic carbocycles. The monoisotopic (exact) mass is 375 g/mol. The smallest absolute Gasteiger partial charge is 0.248 e. The average molecular weight is 376 g/mol. The number of pyridine rings is 1. The second kappa shape index (κ2) is 6.85. The molecule has 1 saturated heterocycles. The molecule has 1 fully saturated rings. The zero-order valence-corrected chi connectivity index (χ0v) is 14.7. The number of nitrogens with one attached hydrogen (secondary N) is 1. The van der Waals surface area contributed by atoms with Crippen molar-refractivity contribution in [1.29, 1.82) is 0 Å². The van der Waals surface area contributed by atoms with Gasteiger partial charge >= 0.3 is 0 Å². The Balaban J connectivity index is 1.58. The molecule has 128 valence electrons. The molecule has 0 atom stereocenters. The van der Waals surface area contributed by atoms with Gasteiger partial charge in [0.1, 0.15) is 5.82 Å². The van der Waals surface area contributed by atoms with Crippen molar-refractivity contribution in [2.45, 2.75) is 13.0 Å². The summed E-state index contributed by atoms with van der Waals surface area (Å²) in [6, 6.07) is 9.31. The predicted molar refractivity (Wildman–Crippen MR) is 97.6 cm³/mol. The van der Waals surface area contributed by atoms with Crippen LogP contribution in [0.25, 0.3) is 5.69 Å². The van der Waals surface area contributed by atoms with Crippen molar-refractivity contribution in [3.8, 4) is 5.69 Å². The number of hydrogen-bond donors (Lipinski definition) is 1. The summed E-state index contributed by atoms with van der Waals surface area (Å²) in [6.45, 7) is 2.64. The Morgan fingerprint density at radius 1 is 1.12 bits per heavy atom. The lowest BCUT2D eigenvalue weighted by Crippen LogP contribution is -2.38. The quantitative estimate of drug-likeness (QED) is 0.738. The first kappa shape index (κ1) is 16.1. The summed E-state index contributed by atoms with van der Waals surface area (Å²) in [5, 5.41) is 15.9. The maximum Gasteiger partial charge on any atom is 0.248 e. The molecule has 1 aromatic carbocycles. The van der Waals surface area contributed by atoms with Crippen LogP contribution in [-0.2, 0) is 6.54 Å². The fraction of sp³-hybridized carbons (Fsp3) is 0.250. The minimum atomic E-state index is 0.405. The maximum atomic E-state index is 6.27. The normalized spacial score (nSPS) is 13.6. The number of rotatable bonds is 5. The zero-order valence-electron chi connectivity index (χ0n) is 13.2. The van der Waals surface area contributed by atoms with Crippen LogP contribution in [0.5, 0.6) is 0 Å². The van der Waals surface area contributed by atoms with E-state index in [4.69, 9.17) is 23.2 Å². The van der Waals surface area contributed by atoms with E-state index in [2.05, 4.69) is 30.7 Å². The van der Waals surface area contributed by atoms with Gasteiger partial charge in [-0.05, 0) is 35.0 Å². The second-order valence-electron chi connectivity index (χ2n) is 5.67. The van der Waals surface area contributed by atoms with Crippen LogP contribution in [0.3, 0.4) is 0 Å². The fourth-order valence-corrected chi connectivity index (χ4v) is 3.05. The van der Waals surface area contributed by atoms with E-state index >= 15 is 0 Å². The van der Waals surface area contributed by atoms with Crippen LogP contribution in [-0.4, -0.2) is 38.3 Å². The third-order valence-corrected chi connectivity index (χ3v) is 4.90. The number of hydrogen-bond acceptors (Lipinski definition) is 6. The molecule has 0 saturated carbocycles. The third-order valence-electron chi connectivity index (χ3n) is 4.09. The van der Waals surface area contributed by atoms with E-state index in [1.165, 1.54) is 11.1 Å². The number of halogens is 2. The lowest BCUT2D eigenvalue weighted by molar-refractivity contribution is 0.606. The Labute approximate surface area is 154 Å². The third kappa shape index (κ3) is 3.12. The van der Waals surface area contributed by atoms with Crippen LogP contribution < -0.4 is 10.2 Å². The topological polar surface area (TPSA) is 71.8 Å². The van der Waals surface area contributed by atoms with E-state index < -0.39 is 0 Å². The Kier molecular flexibility index (Phi) is 4.42. The Hall–Kier alpha value is -2.38. The molecule has 0 radical (unpaired) electrons. The van der Waals surface area contributed by atoms with Gasteiger partial charge in [0.2, 0.25) is 5.95 Å². The van der Waals surface area contributed by atoms with Crippen molar-refractivity contribution in [3.63, 3.8) is 0 Å². The van der Waals surface area contributed by atoms with Gasteiger partial charge in [0.15, 0.2) is 0 Å². The summed E-state index contributed by atoms with van der Waals surface area (Å²) < 4.78 is 1.54. The van der Waals surface area contributed by atoms with E-state index in [9.17, 15) is 0 Å². The summed E-state index contributed by atoms with van der Waals surface area (Å²) in [6.07, 6.45) is 3.02. The first-order valence-corrected chi connectivity index (χ1v) is 8.65. The fourth-order valence-electron chi connectivity index (χ4n) is 2.67. The zero-order chi connectivity index (χ0) is 17.2. The Morgan fingerprint density at radius 3 is 2.80 bits per heavy atom. The van der Waals surface area contributed by atoms with Gasteiger partial charge in [-0.2, -0.15) is 4.68 Å². The first-order valence-electron chi connectivity index (χ1n) is 7.89.